The standard InChI is InChI=1S/C22H25N3O5S/c1-29-12-13-30-21(28)11-10-19(26)25-22(31)24-18-9-5-8-17(15-18)23-20(27)14-16-6-3-2-4-7-16/h2-9,15H,10-14H2,1H3,(H,23,27)(H2,24,25,26,31). The first-order valence-corrected chi connectivity index (χ1v) is 10.1. The molecule has 2 aromatic carbocycles. The van der Waals surface area contributed by atoms with E-state index in [1.54, 1.807) is 24.3 Å². The van der Waals surface area contributed by atoms with E-state index in [9.17, 15) is 14.4 Å². The zero-order valence-corrected chi connectivity index (χ0v) is 18.0. The summed E-state index contributed by atoms with van der Waals surface area (Å²) in [6, 6.07) is 16.4. The Morgan fingerprint density at radius 3 is 2.29 bits per heavy atom. The average molecular weight is 444 g/mol. The summed E-state index contributed by atoms with van der Waals surface area (Å²) in [5.41, 5.74) is 2.11. The van der Waals surface area contributed by atoms with E-state index in [1.165, 1.54) is 7.11 Å². The predicted molar refractivity (Wildman–Crippen MR) is 122 cm³/mol. The van der Waals surface area contributed by atoms with Crippen molar-refractivity contribution in [1.82, 2.24) is 5.32 Å². The maximum atomic E-state index is 12.2. The van der Waals surface area contributed by atoms with Crippen LogP contribution >= 0.6 is 12.2 Å². The Kier molecular flexibility index (Phi) is 10.1. The van der Waals surface area contributed by atoms with Crippen molar-refractivity contribution >= 4 is 46.5 Å². The van der Waals surface area contributed by atoms with Gasteiger partial charge in [-0.05, 0) is 36.0 Å². The highest BCUT2D eigenvalue weighted by Crippen LogP contribution is 2.15. The Bertz CT molecular complexity index is 905. The molecule has 0 heterocycles. The van der Waals surface area contributed by atoms with Crippen LogP contribution in [-0.2, 0) is 30.3 Å². The van der Waals surface area contributed by atoms with Gasteiger partial charge in [-0.3, -0.25) is 14.4 Å². The van der Waals surface area contributed by atoms with Gasteiger partial charge in [0, 0.05) is 24.9 Å². The fourth-order valence-corrected chi connectivity index (χ4v) is 2.77. The van der Waals surface area contributed by atoms with Gasteiger partial charge in [-0.15, -0.1) is 0 Å². The minimum absolute atomic E-state index is 0.0524. The number of benzene rings is 2. The summed E-state index contributed by atoms with van der Waals surface area (Å²) < 4.78 is 9.67. The van der Waals surface area contributed by atoms with Gasteiger partial charge in [0.2, 0.25) is 11.8 Å². The van der Waals surface area contributed by atoms with Crippen molar-refractivity contribution in [2.75, 3.05) is 31.0 Å². The van der Waals surface area contributed by atoms with Gasteiger partial charge in [-0.1, -0.05) is 36.4 Å². The second-order valence-electron chi connectivity index (χ2n) is 6.51. The molecule has 0 aromatic heterocycles. The maximum Gasteiger partial charge on any atom is 0.306 e. The number of anilines is 2. The van der Waals surface area contributed by atoms with E-state index in [-0.39, 0.29) is 36.9 Å². The van der Waals surface area contributed by atoms with Crippen LogP contribution in [0.2, 0.25) is 0 Å². The van der Waals surface area contributed by atoms with Crippen molar-refractivity contribution in [3.05, 3.63) is 60.2 Å². The molecule has 31 heavy (non-hydrogen) atoms. The number of thiocarbonyl (C=S) groups is 1. The molecule has 0 unspecified atom stereocenters. The van der Waals surface area contributed by atoms with Crippen LogP contribution in [-0.4, -0.2) is 43.2 Å². The zero-order chi connectivity index (χ0) is 22.5. The van der Waals surface area contributed by atoms with Crippen LogP contribution < -0.4 is 16.0 Å². The molecule has 2 aromatic rings. The van der Waals surface area contributed by atoms with Crippen molar-refractivity contribution in [1.29, 1.82) is 0 Å². The Morgan fingerprint density at radius 2 is 1.58 bits per heavy atom. The van der Waals surface area contributed by atoms with Gasteiger partial charge in [0.1, 0.15) is 6.61 Å². The molecule has 0 radical (unpaired) electrons. The predicted octanol–water partition coefficient (Wildman–Crippen LogP) is 2.65. The lowest BCUT2D eigenvalue weighted by molar-refractivity contribution is -0.146. The number of methoxy groups -OCH3 is 1. The van der Waals surface area contributed by atoms with E-state index >= 15 is 0 Å². The van der Waals surface area contributed by atoms with Gasteiger partial charge < -0.3 is 25.4 Å². The average Bonchev–Trinajstić information content (AvgIpc) is 2.73. The summed E-state index contributed by atoms with van der Waals surface area (Å²) in [5, 5.41) is 8.30. The minimum Gasteiger partial charge on any atom is -0.463 e. The number of ether oxygens (including phenoxy) is 2. The molecule has 0 saturated heterocycles. The van der Waals surface area contributed by atoms with Crippen molar-refractivity contribution in [2.45, 2.75) is 19.3 Å². The summed E-state index contributed by atoms with van der Waals surface area (Å²) in [7, 11) is 1.50. The van der Waals surface area contributed by atoms with E-state index < -0.39 is 11.9 Å². The molecule has 0 bridgehead atoms. The van der Waals surface area contributed by atoms with Gasteiger partial charge in [0.05, 0.1) is 19.4 Å². The number of hydrogen-bond donors (Lipinski definition) is 3. The van der Waals surface area contributed by atoms with Crippen LogP contribution in [0.5, 0.6) is 0 Å². The van der Waals surface area contributed by atoms with Crippen molar-refractivity contribution < 1.29 is 23.9 Å². The first-order chi connectivity index (χ1) is 15.0. The van der Waals surface area contributed by atoms with E-state index in [1.807, 2.05) is 30.3 Å². The fraction of sp³-hybridized carbons (Fsp3) is 0.273. The van der Waals surface area contributed by atoms with Crippen LogP contribution in [0.3, 0.4) is 0 Å². The second kappa shape index (κ2) is 13.1. The molecule has 8 nitrogen and oxygen atoms in total. The highest BCUT2D eigenvalue weighted by Gasteiger charge is 2.10. The lowest BCUT2D eigenvalue weighted by atomic mass is 10.1. The molecule has 0 aliphatic heterocycles. The van der Waals surface area contributed by atoms with Gasteiger partial charge in [-0.25, -0.2) is 0 Å². The normalized spacial score (nSPS) is 10.1. The Morgan fingerprint density at radius 1 is 0.871 bits per heavy atom. The van der Waals surface area contributed by atoms with Crippen molar-refractivity contribution in [3.8, 4) is 0 Å². The van der Waals surface area contributed by atoms with Crippen LogP contribution in [0.1, 0.15) is 18.4 Å². The van der Waals surface area contributed by atoms with E-state index in [0.29, 0.717) is 18.0 Å². The van der Waals surface area contributed by atoms with Crippen LogP contribution in [0.25, 0.3) is 0 Å². The number of amides is 2. The maximum absolute atomic E-state index is 12.2. The quantitative estimate of drug-likeness (QED) is 0.294. The van der Waals surface area contributed by atoms with Crippen LogP contribution in [0.4, 0.5) is 11.4 Å². The Hall–Kier alpha value is -3.30. The summed E-state index contributed by atoms with van der Waals surface area (Å²) in [6.07, 6.45) is 0.158. The molecule has 3 N–H and O–H groups in total. The molecule has 0 aliphatic rings. The first kappa shape index (κ1) is 24.0. The van der Waals surface area contributed by atoms with Gasteiger partial charge >= 0.3 is 5.97 Å². The molecule has 0 aliphatic carbocycles. The minimum atomic E-state index is -0.481. The van der Waals surface area contributed by atoms with E-state index in [2.05, 4.69) is 16.0 Å². The Labute approximate surface area is 186 Å². The fourth-order valence-electron chi connectivity index (χ4n) is 2.54. The summed E-state index contributed by atoms with van der Waals surface area (Å²) in [4.78, 5) is 35.6. The molecule has 0 fully saturated rings. The lowest BCUT2D eigenvalue weighted by Crippen LogP contribution is -2.34. The summed E-state index contributed by atoms with van der Waals surface area (Å²) >= 11 is 5.13. The smallest absolute Gasteiger partial charge is 0.306 e. The molecule has 0 spiro atoms. The van der Waals surface area contributed by atoms with Crippen molar-refractivity contribution in [3.63, 3.8) is 0 Å². The molecule has 164 valence electrons. The molecule has 0 atom stereocenters. The van der Waals surface area contributed by atoms with E-state index in [4.69, 9.17) is 21.7 Å². The number of hydrogen-bond acceptors (Lipinski definition) is 6. The molecule has 9 heteroatoms. The molecular formula is C22H25N3O5S. The first-order valence-electron chi connectivity index (χ1n) is 9.65. The highest BCUT2D eigenvalue weighted by molar-refractivity contribution is 7.80. The van der Waals surface area contributed by atoms with Gasteiger partial charge in [0.15, 0.2) is 5.11 Å². The number of carbonyl (C=O) groups excluding carboxylic acids is 3. The second-order valence-corrected chi connectivity index (χ2v) is 6.92. The van der Waals surface area contributed by atoms with Crippen LogP contribution in [0, 0.1) is 0 Å². The largest absolute Gasteiger partial charge is 0.463 e. The third-order valence-electron chi connectivity index (χ3n) is 3.97. The number of esters is 1. The Balaban J connectivity index is 1.77. The number of rotatable bonds is 10. The lowest BCUT2D eigenvalue weighted by Gasteiger charge is -2.11. The third kappa shape index (κ3) is 9.83. The highest BCUT2D eigenvalue weighted by atomic mass is 32.1. The third-order valence-corrected chi connectivity index (χ3v) is 4.18. The number of carbonyl (C=O) groups is 3. The number of nitrogens with one attached hydrogen (secondary N) is 3. The summed E-state index contributed by atoms with van der Waals surface area (Å²) in [5.74, 6) is -1.03. The monoisotopic (exact) mass is 443 g/mol. The van der Waals surface area contributed by atoms with Gasteiger partial charge in [0.25, 0.3) is 0 Å². The summed E-state index contributed by atoms with van der Waals surface area (Å²) in [6.45, 7) is 0.451. The van der Waals surface area contributed by atoms with Crippen LogP contribution in [0.15, 0.2) is 54.6 Å². The zero-order valence-electron chi connectivity index (χ0n) is 17.2. The SMILES string of the molecule is COCCOC(=O)CCC(=O)NC(=S)Nc1cccc(NC(=O)Cc2ccccc2)c1. The van der Waals surface area contributed by atoms with E-state index in [0.717, 1.165) is 5.56 Å². The molecule has 2 amide bonds. The van der Waals surface area contributed by atoms with Crippen molar-refractivity contribution in [2.24, 2.45) is 0 Å². The van der Waals surface area contributed by atoms with Gasteiger partial charge in [-0.2, -0.15) is 0 Å². The molecule has 0 saturated carbocycles. The molecule has 2 rings (SSSR count). The topological polar surface area (TPSA) is 106 Å². The molecular weight excluding hydrogens is 418 g/mol.